The average molecular weight is 394 g/mol. The molecule has 1 aromatic carbocycles. The fraction of sp³-hybridized carbons (Fsp3) is 0.421. The van der Waals surface area contributed by atoms with Gasteiger partial charge in [0.15, 0.2) is 0 Å². The molecule has 28 heavy (non-hydrogen) atoms. The molecule has 5 rings (SSSR count). The van der Waals surface area contributed by atoms with Crippen molar-refractivity contribution >= 4 is 53.0 Å². The van der Waals surface area contributed by atoms with Crippen LogP contribution in [0.15, 0.2) is 29.1 Å². The number of aromatic amines is 1. The van der Waals surface area contributed by atoms with E-state index in [0.29, 0.717) is 12.0 Å². The summed E-state index contributed by atoms with van der Waals surface area (Å²) in [6, 6.07) is 8.96. The van der Waals surface area contributed by atoms with Gasteiger partial charge in [0.1, 0.15) is 0 Å². The van der Waals surface area contributed by atoms with E-state index in [0.717, 1.165) is 48.8 Å². The SMILES string of the molecule is CSc1b[nH]c2nc(Nc3ccc(N4CCOCC4)cc3)nc(NC3CC3)c12. The topological polar surface area (TPSA) is 78.1 Å². The number of nitrogens with one attached hydrogen (secondary N) is 3. The van der Waals surface area contributed by atoms with Crippen molar-refractivity contribution in [3.05, 3.63) is 24.3 Å². The van der Waals surface area contributed by atoms with Crippen molar-refractivity contribution in [2.24, 2.45) is 0 Å². The number of aromatic nitrogens is 3. The number of benzene rings is 1. The molecule has 3 heterocycles. The number of rotatable bonds is 6. The first-order chi connectivity index (χ1) is 13.8. The molecule has 2 fully saturated rings. The molecule has 0 bridgehead atoms. The molecule has 3 aromatic rings. The van der Waals surface area contributed by atoms with Crippen LogP contribution in [0.5, 0.6) is 0 Å². The van der Waals surface area contributed by atoms with Crippen molar-refractivity contribution in [1.82, 2.24) is 14.9 Å². The van der Waals surface area contributed by atoms with Crippen LogP contribution in [-0.2, 0) is 4.74 Å². The van der Waals surface area contributed by atoms with Crippen LogP contribution >= 0.6 is 11.8 Å². The van der Waals surface area contributed by atoms with Crippen LogP contribution < -0.4 is 15.5 Å². The first-order valence-electron chi connectivity index (χ1n) is 9.69. The number of nitrogens with zero attached hydrogens (tertiary/aromatic N) is 3. The normalized spacial score (nSPS) is 17.0. The maximum atomic E-state index is 5.43. The number of hydrogen-bond acceptors (Lipinski definition) is 7. The Labute approximate surface area is 168 Å². The van der Waals surface area contributed by atoms with E-state index in [9.17, 15) is 0 Å². The molecule has 2 aromatic heterocycles. The first kappa shape index (κ1) is 17.8. The Morgan fingerprint density at radius 1 is 1.18 bits per heavy atom. The molecule has 1 saturated heterocycles. The Morgan fingerprint density at radius 2 is 1.96 bits per heavy atom. The molecule has 144 valence electrons. The third kappa shape index (κ3) is 3.68. The van der Waals surface area contributed by atoms with Crippen LogP contribution in [0.3, 0.4) is 0 Å². The summed E-state index contributed by atoms with van der Waals surface area (Å²) in [4.78, 5) is 16.2. The Balaban J connectivity index is 1.39. The van der Waals surface area contributed by atoms with Crippen molar-refractivity contribution in [2.75, 3.05) is 48.1 Å². The van der Waals surface area contributed by atoms with Gasteiger partial charge in [-0.25, -0.2) is 0 Å². The molecule has 3 N–H and O–H groups in total. The second-order valence-corrected chi connectivity index (χ2v) is 8.01. The summed E-state index contributed by atoms with van der Waals surface area (Å²) < 4.78 is 5.43. The van der Waals surface area contributed by atoms with Gasteiger partial charge in [0, 0.05) is 0 Å². The van der Waals surface area contributed by atoms with E-state index in [1.165, 1.54) is 23.3 Å². The third-order valence-corrected chi connectivity index (χ3v) is 5.89. The molecule has 0 radical (unpaired) electrons. The summed E-state index contributed by atoms with van der Waals surface area (Å²) in [6.45, 7) is 3.46. The maximum absolute atomic E-state index is 5.43. The summed E-state index contributed by atoms with van der Waals surface area (Å²) in [5, 5.41) is 7.99. The van der Waals surface area contributed by atoms with Crippen LogP contribution in [0, 0.1) is 0 Å². The van der Waals surface area contributed by atoms with Crippen LogP contribution in [-0.4, -0.2) is 60.5 Å². The minimum absolute atomic E-state index is 0.531. The van der Waals surface area contributed by atoms with Gasteiger partial charge in [0.05, 0.1) is 0 Å². The standard InChI is InChI=1S/C19H23BN6OS/c1-28-16-15-17(21-12-2-3-12)23-19(24-18(15)25-20-16)22-13-4-6-14(7-5-13)26-8-10-27-11-9-26/h4-7,12H,2-3,8-11H2,1H3,(H3,21,22,23,24,25). The van der Waals surface area contributed by atoms with E-state index < -0.39 is 0 Å². The number of thioether (sulfide) groups is 1. The van der Waals surface area contributed by atoms with E-state index in [2.05, 4.69) is 55.9 Å². The monoisotopic (exact) mass is 394 g/mol. The van der Waals surface area contributed by atoms with Gasteiger partial charge in [-0.05, 0) is 0 Å². The summed E-state index contributed by atoms with van der Waals surface area (Å²) in [5.41, 5.74) is 3.05. The van der Waals surface area contributed by atoms with Gasteiger partial charge >= 0.3 is 164 Å². The number of morpholine rings is 1. The predicted octanol–water partition coefficient (Wildman–Crippen LogP) is 3.17. The van der Waals surface area contributed by atoms with Crippen molar-refractivity contribution in [3.63, 3.8) is 0 Å². The Bertz CT molecular complexity index is 968. The number of fused-ring (bicyclic) bond motifs is 1. The van der Waals surface area contributed by atoms with Gasteiger partial charge in [0.25, 0.3) is 0 Å². The van der Waals surface area contributed by atoms with Crippen molar-refractivity contribution in [2.45, 2.75) is 23.7 Å². The molecule has 7 nitrogen and oxygen atoms in total. The van der Waals surface area contributed by atoms with Gasteiger partial charge in [-0.2, -0.15) is 0 Å². The van der Waals surface area contributed by atoms with E-state index in [-0.39, 0.29) is 0 Å². The molecule has 0 unspecified atom stereocenters. The van der Waals surface area contributed by atoms with Crippen molar-refractivity contribution in [3.8, 4) is 0 Å². The van der Waals surface area contributed by atoms with Gasteiger partial charge in [-0.1, -0.05) is 0 Å². The number of ether oxygens (including phenoxy) is 1. The second kappa shape index (κ2) is 7.64. The molecule has 0 spiro atoms. The third-order valence-electron chi connectivity index (χ3n) is 5.13. The molecule has 2 aliphatic rings. The minimum atomic E-state index is 0.531. The molecule has 0 atom stereocenters. The Morgan fingerprint density at radius 3 is 2.68 bits per heavy atom. The average Bonchev–Trinajstić information content (AvgIpc) is 3.45. The number of H-pyrrole nitrogens is 1. The van der Waals surface area contributed by atoms with Crippen LogP contribution in [0.1, 0.15) is 12.8 Å². The number of hydrogen-bond donors (Lipinski definition) is 3. The molecular weight excluding hydrogens is 371 g/mol. The van der Waals surface area contributed by atoms with Gasteiger partial charge in [-0.15, -0.1) is 0 Å². The summed E-state index contributed by atoms with van der Waals surface area (Å²) in [6.07, 6.45) is 4.48. The summed E-state index contributed by atoms with van der Waals surface area (Å²) in [5.74, 6) is 1.51. The zero-order valence-electron chi connectivity index (χ0n) is 15.9. The fourth-order valence-electron chi connectivity index (χ4n) is 3.45. The fourth-order valence-corrected chi connectivity index (χ4v) is 4.03. The van der Waals surface area contributed by atoms with Crippen molar-refractivity contribution < 1.29 is 4.74 Å². The molecule has 1 aliphatic carbocycles. The van der Waals surface area contributed by atoms with Gasteiger partial charge in [-0.3, -0.25) is 0 Å². The Hall–Kier alpha value is -2.26. The molecular formula is C19H23BN6OS. The zero-order chi connectivity index (χ0) is 18.9. The zero-order valence-corrected chi connectivity index (χ0v) is 16.7. The van der Waals surface area contributed by atoms with Crippen molar-refractivity contribution in [1.29, 1.82) is 0 Å². The van der Waals surface area contributed by atoms with E-state index in [1.54, 1.807) is 11.8 Å². The molecule has 1 aliphatic heterocycles. The summed E-state index contributed by atoms with van der Waals surface area (Å²) >= 11 is 1.71. The van der Waals surface area contributed by atoms with E-state index in [4.69, 9.17) is 9.72 Å². The van der Waals surface area contributed by atoms with E-state index >= 15 is 0 Å². The predicted molar refractivity (Wildman–Crippen MR) is 116 cm³/mol. The molecule has 1 saturated carbocycles. The summed E-state index contributed by atoms with van der Waals surface area (Å²) in [7, 11) is 2.00. The Kier molecular flexibility index (Phi) is 4.86. The van der Waals surface area contributed by atoms with Gasteiger partial charge in [0.2, 0.25) is 0 Å². The second-order valence-electron chi connectivity index (χ2n) is 7.17. The van der Waals surface area contributed by atoms with E-state index in [1.807, 2.05) is 7.05 Å². The number of anilines is 4. The van der Waals surface area contributed by atoms with Crippen LogP contribution in [0.2, 0.25) is 0 Å². The molecule has 0 amide bonds. The van der Waals surface area contributed by atoms with Gasteiger partial charge < -0.3 is 4.74 Å². The quantitative estimate of drug-likeness (QED) is 0.555. The first-order valence-corrected chi connectivity index (χ1v) is 10.9. The molecule has 9 heteroatoms. The van der Waals surface area contributed by atoms with Crippen LogP contribution in [0.25, 0.3) is 11.0 Å². The van der Waals surface area contributed by atoms with Crippen LogP contribution in [0.4, 0.5) is 23.1 Å².